The van der Waals surface area contributed by atoms with Crippen LogP contribution >= 0.6 is 0 Å². The van der Waals surface area contributed by atoms with Gasteiger partial charge < -0.3 is 24.3 Å². The molecule has 0 aromatic heterocycles. The van der Waals surface area contributed by atoms with E-state index in [1.165, 1.54) is 32.8 Å². The van der Waals surface area contributed by atoms with Crippen LogP contribution in [0.5, 0.6) is 11.5 Å². The second kappa shape index (κ2) is 9.41. The number of methoxy groups -OCH3 is 2. The summed E-state index contributed by atoms with van der Waals surface area (Å²) < 4.78 is 21.5. The van der Waals surface area contributed by atoms with Crippen LogP contribution in [0.25, 0.3) is 0 Å². The highest BCUT2D eigenvalue weighted by molar-refractivity contribution is 5.99. The molecule has 2 fully saturated rings. The maximum atomic E-state index is 12.9. The first kappa shape index (κ1) is 21.3. The highest BCUT2D eigenvalue weighted by Crippen LogP contribution is 2.39. The van der Waals surface area contributed by atoms with Gasteiger partial charge in [0.15, 0.2) is 18.3 Å². The average molecular weight is 408 g/mol. The Bertz CT molecular complexity index is 741. The predicted molar refractivity (Wildman–Crippen MR) is 104 cm³/mol. The third kappa shape index (κ3) is 4.97. The smallest absolute Gasteiger partial charge is 0.286 e. The van der Waals surface area contributed by atoms with Gasteiger partial charge in [0.2, 0.25) is 0 Å². The summed E-state index contributed by atoms with van der Waals surface area (Å²) in [6.45, 7) is 0.489. The monoisotopic (exact) mass is 408 g/mol. The van der Waals surface area contributed by atoms with Crippen LogP contribution in [-0.4, -0.2) is 50.1 Å². The van der Waals surface area contributed by atoms with Crippen molar-refractivity contribution >= 4 is 11.6 Å². The molecular formula is C20H28N2O7. The third-order valence-electron chi connectivity index (χ3n) is 5.65. The van der Waals surface area contributed by atoms with Crippen LogP contribution in [0.4, 0.5) is 5.69 Å². The van der Waals surface area contributed by atoms with Crippen LogP contribution in [0.1, 0.15) is 55.3 Å². The molecule has 1 aliphatic carbocycles. The quantitative estimate of drug-likeness (QED) is 0.419. The number of hydrogen-bond acceptors (Lipinski definition) is 7. The van der Waals surface area contributed by atoms with Crippen LogP contribution in [0.3, 0.4) is 0 Å². The Labute approximate surface area is 169 Å². The van der Waals surface area contributed by atoms with Crippen molar-refractivity contribution in [3.8, 4) is 11.5 Å². The largest absolute Gasteiger partial charge is 0.493 e. The molecule has 3 rings (SSSR count). The number of nitro benzene ring substituents is 1. The van der Waals surface area contributed by atoms with Crippen LogP contribution in [-0.2, 0) is 9.47 Å². The second-order valence-electron chi connectivity index (χ2n) is 7.58. The van der Waals surface area contributed by atoms with E-state index in [1.54, 1.807) is 0 Å². The van der Waals surface area contributed by atoms with Gasteiger partial charge in [0.25, 0.3) is 11.6 Å². The number of nitro groups is 1. The van der Waals surface area contributed by atoms with Crippen LogP contribution < -0.4 is 14.8 Å². The highest BCUT2D eigenvalue weighted by Gasteiger charge is 2.39. The SMILES string of the molecule is COCOc1cc([N+](=O)[O-])c(C(=O)NC2CCOC3(CCCCC3)C2)cc1OC. The first-order chi connectivity index (χ1) is 14.0. The van der Waals surface area contributed by atoms with Gasteiger partial charge in [-0.25, -0.2) is 0 Å². The van der Waals surface area contributed by atoms with E-state index in [4.69, 9.17) is 18.9 Å². The lowest BCUT2D eigenvalue weighted by molar-refractivity contribution is -0.385. The molecular weight excluding hydrogens is 380 g/mol. The summed E-state index contributed by atoms with van der Waals surface area (Å²) in [5.74, 6) is -0.121. The summed E-state index contributed by atoms with van der Waals surface area (Å²) in [6.07, 6.45) is 6.90. The lowest BCUT2D eigenvalue weighted by Gasteiger charge is -2.43. The van der Waals surface area contributed by atoms with E-state index in [0.717, 1.165) is 32.1 Å². The highest BCUT2D eigenvalue weighted by atomic mass is 16.7. The van der Waals surface area contributed by atoms with Crippen molar-refractivity contribution in [1.82, 2.24) is 5.32 Å². The zero-order valence-corrected chi connectivity index (χ0v) is 16.9. The molecule has 1 saturated heterocycles. The molecule has 1 heterocycles. The van der Waals surface area contributed by atoms with Crippen LogP contribution in [0, 0.1) is 10.1 Å². The zero-order valence-electron chi connectivity index (χ0n) is 16.9. The molecule has 29 heavy (non-hydrogen) atoms. The van der Waals surface area contributed by atoms with E-state index in [9.17, 15) is 14.9 Å². The fourth-order valence-electron chi connectivity index (χ4n) is 4.24. The average Bonchev–Trinajstić information content (AvgIpc) is 2.72. The number of carbonyl (C=O) groups is 1. The van der Waals surface area contributed by atoms with Gasteiger partial charge in [0.05, 0.1) is 23.7 Å². The lowest BCUT2D eigenvalue weighted by Crippen LogP contribution is -2.49. The molecule has 1 spiro atoms. The molecule has 0 radical (unpaired) electrons. The Morgan fingerprint density at radius 2 is 2.03 bits per heavy atom. The van der Waals surface area contributed by atoms with E-state index in [1.807, 2.05) is 0 Å². The molecule has 1 amide bonds. The van der Waals surface area contributed by atoms with Crippen molar-refractivity contribution in [2.24, 2.45) is 0 Å². The lowest BCUT2D eigenvalue weighted by atomic mass is 9.78. The first-order valence-electron chi connectivity index (χ1n) is 9.91. The molecule has 160 valence electrons. The summed E-state index contributed by atoms with van der Waals surface area (Å²) in [6, 6.07) is 2.46. The van der Waals surface area contributed by atoms with Crippen LogP contribution in [0.2, 0.25) is 0 Å². The Kier molecular flexibility index (Phi) is 6.92. The first-order valence-corrected chi connectivity index (χ1v) is 9.91. The minimum atomic E-state index is -0.597. The topological polar surface area (TPSA) is 109 Å². The maximum absolute atomic E-state index is 12.9. The summed E-state index contributed by atoms with van der Waals surface area (Å²) >= 11 is 0. The Morgan fingerprint density at radius 3 is 2.69 bits per heavy atom. The van der Waals surface area contributed by atoms with Gasteiger partial charge in [-0.2, -0.15) is 0 Å². The maximum Gasteiger partial charge on any atom is 0.286 e. The minimum Gasteiger partial charge on any atom is -0.493 e. The van der Waals surface area contributed by atoms with Crippen LogP contribution in [0.15, 0.2) is 12.1 Å². The number of hydrogen-bond donors (Lipinski definition) is 1. The fraction of sp³-hybridized carbons (Fsp3) is 0.650. The third-order valence-corrected chi connectivity index (χ3v) is 5.65. The Balaban J connectivity index is 1.79. The molecule has 1 atom stereocenters. The molecule has 1 aromatic rings. The molecule has 2 aliphatic rings. The summed E-state index contributed by atoms with van der Waals surface area (Å²) in [7, 11) is 2.85. The van der Waals surface area contributed by atoms with Gasteiger partial charge in [0.1, 0.15) is 5.56 Å². The van der Waals surface area contributed by atoms with Crippen molar-refractivity contribution < 1.29 is 28.7 Å². The number of ether oxygens (including phenoxy) is 4. The summed E-state index contributed by atoms with van der Waals surface area (Å²) in [5, 5.41) is 14.5. The van der Waals surface area contributed by atoms with Crippen molar-refractivity contribution in [3.05, 3.63) is 27.8 Å². The fourth-order valence-corrected chi connectivity index (χ4v) is 4.24. The van der Waals surface area contributed by atoms with Crippen molar-refractivity contribution in [1.29, 1.82) is 0 Å². The molecule has 1 aliphatic heterocycles. The second-order valence-corrected chi connectivity index (χ2v) is 7.58. The van der Waals surface area contributed by atoms with Gasteiger partial charge >= 0.3 is 0 Å². The minimum absolute atomic E-state index is 0.0548. The van der Waals surface area contributed by atoms with Crippen molar-refractivity contribution in [2.45, 2.75) is 56.6 Å². The van der Waals surface area contributed by atoms with Crippen molar-refractivity contribution in [3.63, 3.8) is 0 Å². The van der Waals surface area contributed by atoms with E-state index in [0.29, 0.717) is 13.0 Å². The molecule has 1 saturated carbocycles. The van der Waals surface area contributed by atoms with E-state index < -0.39 is 10.8 Å². The molecule has 0 bridgehead atoms. The summed E-state index contributed by atoms with van der Waals surface area (Å²) in [4.78, 5) is 23.9. The molecule has 9 nitrogen and oxygen atoms in total. The Hall–Kier alpha value is -2.39. The van der Waals surface area contributed by atoms with Gasteiger partial charge in [-0.05, 0) is 25.7 Å². The van der Waals surface area contributed by atoms with E-state index >= 15 is 0 Å². The van der Waals surface area contributed by atoms with Gasteiger partial charge in [-0.15, -0.1) is 0 Å². The standard InChI is InChI=1S/C20H28N2O7/c1-26-13-28-18-11-16(22(24)25)15(10-17(18)27-2)19(23)21-14-6-9-29-20(12-14)7-4-3-5-8-20/h10-11,14H,3-9,12-13H2,1-2H3,(H,21,23). The number of rotatable bonds is 7. The molecule has 9 heteroatoms. The van der Waals surface area contributed by atoms with Gasteiger partial charge in [-0.3, -0.25) is 14.9 Å². The van der Waals surface area contributed by atoms with E-state index in [2.05, 4.69) is 5.32 Å². The number of nitrogens with zero attached hydrogens (tertiary/aromatic N) is 1. The predicted octanol–water partition coefficient (Wildman–Crippen LogP) is 3.20. The summed E-state index contributed by atoms with van der Waals surface area (Å²) in [5.41, 5.74) is -0.565. The van der Waals surface area contributed by atoms with E-state index in [-0.39, 0.29) is 41.2 Å². The van der Waals surface area contributed by atoms with Crippen molar-refractivity contribution in [2.75, 3.05) is 27.6 Å². The number of nitrogens with one attached hydrogen (secondary N) is 1. The molecule has 1 unspecified atom stereocenters. The van der Waals surface area contributed by atoms with Gasteiger partial charge in [-0.1, -0.05) is 19.3 Å². The van der Waals surface area contributed by atoms with Gasteiger partial charge in [0, 0.05) is 25.8 Å². The number of benzene rings is 1. The normalized spacial score (nSPS) is 20.8. The number of carbonyl (C=O) groups excluding carboxylic acids is 1. The molecule has 1 N–H and O–H groups in total. The Morgan fingerprint density at radius 1 is 1.28 bits per heavy atom. The number of amides is 1. The molecule has 1 aromatic carbocycles. The zero-order chi connectivity index (χ0) is 20.9.